The van der Waals surface area contributed by atoms with Gasteiger partial charge in [0.25, 0.3) is 0 Å². The predicted octanol–water partition coefficient (Wildman–Crippen LogP) is 2.27. The molecule has 0 heterocycles. The van der Waals surface area contributed by atoms with Gasteiger partial charge in [0.2, 0.25) is 0 Å². The van der Waals surface area contributed by atoms with E-state index >= 15 is 0 Å². The second-order valence-corrected chi connectivity index (χ2v) is 5.73. The van der Waals surface area contributed by atoms with Crippen LogP contribution < -0.4 is 5.32 Å². The molecule has 4 heteroatoms. The highest BCUT2D eigenvalue weighted by Gasteiger charge is 2.30. The van der Waals surface area contributed by atoms with Crippen molar-refractivity contribution >= 4 is 11.9 Å². The number of carbonyl (C=O) groups excluding carboxylic acids is 2. The fraction of sp³-hybridized carbons (Fsp3) is 0.714. The second kappa shape index (κ2) is 5.90. The van der Waals surface area contributed by atoms with E-state index in [9.17, 15) is 9.59 Å². The molecule has 1 amide bonds. The summed E-state index contributed by atoms with van der Waals surface area (Å²) < 4.78 is 5.14. The van der Waals surface area contributed by atoms with Crippen molar-refractivity contribution in [2.24, 2.45) is 5.92 Å². The Morgan fingerprint density at radius 2 is 2.06 bits per heavy atom. The molecule has 0 aromatic heterocycles. The molecule has 0 radical (unpaired) electrons. The molecule has 1 N–H and O–H groups in total. The third kappa shape index (κ3) is 5.72. The van der Waals surface area contributed by atoms with Gasteiger partial charge in [-0.15, -0.1) is 6.42 Å². The fourth-order valence-electron chi connectivity index (χ4n) is 1.63. The van der Waals surface area contributed by atoms with E-state index in [1.54, 1.807) is 20.8 Å². The standard InChI is InChI=1S/C14H21NO3/c1-5-6-12(16)11(9-10-7-8-10)15-13(17)18-14(2,3)4/h1,10-11H,6-9H2,2-4H3,(H,15,17). The average Bonchev–Trinajstić information content (AvgIpc) is 2.98. The normalized spacial score (nSPS) is 16.6. The van der Waals surface area contributed by atoms with Gasteiger partial charge in [-0.25, -0.2) is 4.79 Å². The molecule has 1 unspecified atom stereocenters. The van der Waals surface area contributed by atoms with Crippen LogP contribution in [0.5, 0.6) is 0 Å². The number of amides is 1. The minimum absolute atomic E-state index is 0.0488. The van der Waals surface area contributed by atoms with E-state index in [0.29, 0.717) is 12.3 Å². The summed E-state index contributed by atoms with van der Waals surface area (Å²) in [6.45, 7) is 5.35. The lowest BCUT2D eigenvalue weighted by Gasteiger charge is -2.22. The first-order chi connectivity index (χ1) is 8.31. The number of hydrogen-bond donors (Lipinski definition) is 1. The van der Waals surface area contributed by atoms with Crippen molar-refractivity contribution in [3.63, 3.8) is 0 Å². The number of terminal acetylenes is 1. The quantitative estimate of drug-likeness (QED) is 0.763. The van der Waals surface area contributed by atoms with E-state index in [1.807, 2.05) is 0 Å². The van der Waals surface area contributed by atoms with Crippen LogP contribution in [0.1, 0.15) is 46.5 Å². The molecule has 1 aliphatic carbocycles. The number of Topliss-reactive ketones (excluding diaryl/α,β-unsaturated/α-hetero) is 1. The zero-order valence-electron chi connectivity index (χ0n) is 11.3. The summed E-state index contributed by atoms with van der Waals surface area (Å²) in [6.07, 6.45) is 7.53. The number of nitrogens with one attached hydrogen (secondary N) is 1. The van der Waals surface area contributed by atoms with Crippen molar-refractivity contribution in [2.45, 2.75) is 58.1 Å². The molecule has 1 rings (SSSR count). The van der Waals surface area contributed by atoms with Crippen molar-refractivity contribution < 1.29 is 14.3 Å². The molecule has 0 spiro atoms. The van der Waals surface area contributed by atoms with Crippen molar-refractivity contribution in [1.29, 1.82) is 0 Å². The van der Waals surface area contributed by atoms with E-state index in [4.69, 9.17) is 11.2 Å². The Morgan fingerprint density at radius 3 is 2.50 bits per heavy atom. The van der Waals surface area contributed by atoms with Gasteiger partial charge in [-0.1, -0.05) is 18.8 Å². The molecule has 0 aromatic carbocycles. The minimum Gasteiger partial charge on any atom is -0.444 e. The van der Waals surface area contributed by atoms with Crippen LogP contribution in [0.2, 0.25) is 0 Å². The number of ketones is 1. The zero-order valence-corrected chi connectivity index (χ0v) is 11.3. The van der Waals surface area contributed by atoms with Crippen LogP contribution in [-0.4, -0.2) is 23.5 Å². The minimum atomic E-state index is -0.566. The van der Waals surface area contributed by atoms with Gasteiger partial charge in [0.1, 0.15) is 5.60 Å². The molecule has 4 nitrogen and oxygen atoms in total. The van der Waals surface area contributed by atoms with Crippen molar-refractivity contribution in [3.05, 3.63) is 0 Å². The fourth-order valence-corrected chi connectivity index (χ4v) is 1.63. The van der Waals surface area contributed by atoms with Crippen LogP contribution in [0.3, 0.4) is 0 Å². The summed E-state index contributed by atoms with van der Waals surface area (Å²) in [4.78, 5) is 23.4. The van der Waals surface area contributed by atoms with Crippen LogP contribution in [0.15, 0.2) is 0 Å². The van der Waals surface area contributed by atoms with Gasteiger partial charge in [0.15, 0.2) is 5.78 Å². The Labute approximate surface area is 108 Å². The number of alkyl carbamates (subject to hydrolysis) is 1. The first-order valence-corrected chi connectivity index (χ1v) is 6.27. The molecule has 1 saturated carbocycles. The Bertz CT molecular complexity index is 358. The second-order valence-electron chi connectivity index (χ2n) is 5.73. The SMILES string of the molecule is C#CCC(=O)C(CC1CC1)NC(=O)OC(C)(C)C. The van der Waals surface area contributed by atoms with E-state index < -0.39 is 17.7 Å². The van der Waals surface area contributed by atoms with E-state index in [-0.39, 0.29) is 12.2 Å². The summed E-state index contributed by atoms with van der Waals surface area (Å²) in [5.74, 6) is 2.74. The zero-order chi connectivity index (χ0) is 13.8. The number of rotatable bonds is 5. The van der Waals surface area contributed by atoms with Crippen LogP contribution in [0.4, 0.5) is 4.79 Å². The lowest BCUT2D eigenvalue weighted by Crippen LogP contribution is -2.43. The Balaban J connectivity index is 2.52. The van der Waals surface area contributed by atoms with Crippen LogP contribution >= 0.6 is 0 Å². The molecule has 1 fully saturated rings. The summed E-state index contributed by atoms with van der Waals surface area (Å²) >= 11 is 0. The Kier molecular flexibility index (Phi) is 4.77. The monoisotopic (exact) mass is 251 g/mol. The van der Waals surface area contributed by atoms with E-state index in [1.165, 1.54) is 0 Å². The van der Waals surface area contributed by atoms with Crippen LogP contribution in [-0.2, 0) is 9.53 Å². The summed E-state index contributed by atoms with van der Waals surface area (Å²) in [5.41, 5.74) is -0.566. The maximum Gasteiger partial charge on any atom is 0.408 e. The number of ether oxygens (including phenoxy) is 1. The lowest BCUT2D eigenvalue weighted by atomic mass is 10.0. The smallest absolute Gasteiger partial charge is 0.408 e. The van der Waals surface area contributed by atoms with Crippen molar-refractivity contribution in [2.75, 3.05) is 0 Å². The largest absolute Gasteiger partial charge is 0.444 e. The van der Waals surface area contributed by atoms with Crippen LogP contribution in [0, 0.1) is 18.3 Å². The van der Waals surface area contributed by atoms with Gasteiger partial charge in [0, 0.05) is 0 Å². The van der Waals surface area contributed by atoms with Gasteiger partial charge in [-0.3, -0.25) is 4.79 Å². The molecule has 18 heavy (non-hydrogen) atoms. The molecule has 0 aromatic rings. The molecule has 0 bridgehead atoms. The van der Waals surface area contributed by atoms with E-state index in [0.717, 1.165) is 12.8 Å². The number of carbonyl (C=O) groups is 2. The summed E-state index contributed by atoms with van der Waals surface area (Å²) in [7, 11) is 0. The average molecular weight is 251 g/mol. The maximum absolute atomic E-state index is 11.8. The number of hydrogen-bond acceptors (Lipinski definition) is 3. The third-order valence-electron chi connectivity index (χ3n) is 2.62. The van der Waals surface area contributed by atoms with Gasteiger partial charge < -0.3 is 10.1 Å². The van der Waals surface area contributed by atoms with Gasteiger partial charge in [-0.05, 0) is 33.1 Å². The van der Waals surface area contributed by atoms with E-state index in [2.05, 4.69) is 11.2 Å². The lowest BCUT2D eigenvalue weighted by molar-refractivity contribution is -0.120. The highest BCUT2D eigenvalue weighted by atomic mass is 16.6. The molecule has 1 aliphatic rings. The molecule has 100 valence electrons. The summed E-state index contributed by atoms with van der Waals surface area (Å²) in [5, 5.41) is 2.62. The first kappa shape index (κ1) is 14.6. The molecular formula is C14H21NO3. The third-order valence-corrected chi connectivity index (χ3v) is 2.62. The highest BCUT2D eigenvalue weighted by molar-refractivity contribution is 5.89. The molecular weight excluding hydrogens is 230 g/mol. The Hall–Kier alpha value is -1.50. The van der Waals surface area contributed by atoms with Crippen molar-refractivity contribution in [1.82, 2.24) is 5.32 Å². The van der Waals surface area contributed by atoms with Gasteiger partial charge in [0.05, 0.1) is 12.5 Å². The predicted molar refractivity (Wildman–Crippen MR) is 69.0 cm³/mol. The molecule has 0 saturated heterocycles. The Morgan fingerprint density at radius 1 is 1.44 bits per heavy atom. The molecule has 0 aliphatic heterocycles. The van der Waals surface area contributed by atoms with Crippen molar-refractivity contribution in [3.8, 4) is 12.3 Å². The molecule has 1 atom stereocenters. The highest BCUT2D eigenvalue weighted by Crippen LogP contribution is 2.33. The first-order valence-electron chi connectivity index (χ1n) is 6.27. The van der Waals surface area contributed by atoms with Gasteiger partial charge in [-0.2, -0.15) is 0 Å². The topological polar surface area (TPSA) is 55.4 Å². The maximum atomic E-state index is 11.8. The van der Waals surface area contributed by atoms with Gasteiger partial charge >= 0.3 is 6.09 Å². The van der Waals surface area contributed by atoms with Crippen LogP contribution in [0.25, 0.3) is 0 Å². The summed E-state index contributed by atoms with van der Waals surface area (Å²) in [6, 6.07) is -0.511.